The fourth-order valence-corrected chi connectivity index (χ4v) is 4.20. The quantitative estimate of drug-likeness (QED) is 0.771. The number of hydrogen-bond donors (Lipinski definition) is 2. The lowest BCUT2D eigenvalue weighted by atomic mass is 10.0. The molecule has 0 spiro atoms. The number of aliphatic hydroxyl groups excluding tert-OH is 1. The number of β-amino-alcohol motifs (C(OH)–C–C–N with tert-alkyl or cyclic N) is 1. The molecule has 2 N–H and O–H groups in total. The van der Waals surface area contributed by atoms with Gasteiger partial charge in [0.1, 0.15) is 5.75 Å². The first-order chi connectivity index (χ1) is 13.6. The van der Waals surface area contributed by atoms with Crippen LogP contribution < -0.4 is 10.1 Å². The normalized spacial score (nSPS) is 20.8. The summed E-state index contributed by atoms with van der Waals surface area (Å²) in [5.41, 5.74) is 1.04. The molecule has 7 heteroatoms. The number of carbonyl (C=O) groups is 1. The number of urea groups is 1. The van der Waals surface area contributed by atoms with Crippen LogP contribution in [0.15, 0.2) is 24.3 Å². The van der Waals surface area contributed by atoms with Crippen molar-refractivity contribution in [3.8, 4) is 5.75 Å². The van der Waals surface area contributed by atoms with Gasteiger partial charge in [0.25, 0.3) is 0 Å². The summed E-state index contributed by atoms with van der Waals surface area (Å²) in [6.45, 7) is 8.80. The number of hydrogen-bond acceptors (Lipinski definition) is 5. The van der Waals surface area contributed by atoms with Crippen LogP contribution in [0.5, 0.6) is 5.75 Å². The van der Waals surface area contributed by atoms with Crippen molar-refractivity contribution in [1.82, 2.24) is 20.0 Å². The molecule has 2 saturated heterocycles. The summed E-state index contributed by atoms with van der Waals surface area (Å²) in [5.74, 6) is 0.804. The Hall–Kier alpha value is -1.83. The monoisotopic (exact) mass is 390 g/mol. The summed E-state index contributed by atoms with van der Waals surface area (Å²) in [5, 5.41) is 12.2. The minimum atomic E-state index is -0.0556. The van der Waals surface area contributed by atoms with Crippen molar-refractivity contribution in [2.24, 2.45) is 0 Å². The number of nitrogens with one attached hydrogen (secondary N) is 1. The first-order valence-corrected chi connectivity index (χ1v) is 10.4. The lowest BCUT2D eigenvalue weighted by molar-refractivity contribution is 0.0585. The second kappa shape index (κ2) is 10.1. The third-order valence-corrected chi connectivity index (χ3v) is 6.02. The Labute approximate surface area is 168 Å². The molecular formula is C21H34N4O3. The zero-order chi connectivity index (χ0) is 19.9. The number of benzene rings is 1. The summed E-state index contributed by atoms with van der Waals surface area (Å²) < 4.78 is 5.27. The highest BCUT2D eigenvalue weighted by atomic mass is 16.5. The summed E-state index contributed by atoms with van der Waals surface area (Å²) in [6.07, 6.45) is 2.06. The topological polar surface area (TPSA) is 68.3 Å². The maximum Gasteiger partial charge on any atom is 0.317 e. The Balaban J connectivity index is 1.43. The van der Waals surface area contributed by atoms with Gasteiger partial charge in [-0.15, -0.1) is 0 Å². The third kappa shape index (κ3) is 5.37. The predicted octanol–water partition coefficient (Wildman–Crippen LogP) is 1.54. The van der Waals surface area contributed by atoms with E-state index in [1.165, 1.54) is 0 Å². The maximum atomic E-state index is 12.7. The number of rotatable bonds is 6. The molecule has 2 fully saturated rings. The van der Waals surface area contributed by atoms with Gasteiger partial charge in [0.2, 0.25) is 0 Å². The highest BCUT2D eigenvalue weighted by molar-refractivity contribution is 5.74. The Morgan fingerprint density at radius 3 is 2.57 bits per heavy atom. The molecule has 1 aromatic carbocycles. The van der Waals surface area contributed by atoms with Crippen molar-refractivity contribution in [3.63, 3.8) is 0 Å². The van der Waals surface area contributed by atoms with Crippen molar-refractivity contribution >= 4 is 6.03 Å². The minimum absolute atomic E-state index is 0.0153. The lowest BCUT2D eigenvalue weighted by Gasteiger charge is -2.42. The third-order valence-electron chi connectivity index (χ3n) is 6.02. The van der Waals surface area contributed by atoms with E-state index in [9.17, 15) is 4.79 Å². The van der Waals surface area contributed by atoms with Crippen LogP contribution in [0.3, 0.4) is 0 Å². The molecule has 0 bridgehead atoms. The Morgan fingerprint density at radius 1 is 1.21 bits per heavy atom. The van der Waals surface area contributed by atoms with Crippen molar-refractivity contribution < 1.29 is 14.6 Å². The number of nitrogens with zero attached hydrogens (tertiary/aromatic N) is 3. The van der Waals surface area contributed by atoms with E-state index in [0.717, 1.165) is 70.0 Å². The van der Waals surface area contributed by atoms with E-state index >= 15 is 0 Å². The Morgan fingerprint density at radius 2 is 1.93 bits per heavy atom. The van der Waals surface area contributed by atoms with Gasteiger partial charge in [0, 0.05) is 51.9 Å². The smallest absolute Gasteiger partial charge is 0.317 e. The van der Waals surface area contributed by atoms with Crippen molar-refractivity contribution in [2.75, 3.05) is 59.5 Å². The van der Waals surface area contributed by atoms with Crippen molar-refractivity contribution in [1.29, 1.82) is 0 Å². The molecule has 0 radical (unpaired) electrons. The average molecular weight is 391 g/mol. The molecule has 0 unspecified atom stereocenters. The molecule has 1 aromatic rings. The summed E-state index contributed by atoms with van der Waals surface area (Å²) in [4.78, 5) is 19.5. The summed E-state index contributed by atoms with van der Waals surface area (Å²) >= 11 is 0. The minimum Gasteiger partial charge on any atom is -0.497 e. The van der Waals surface area contributed by atoms with E-state index in [1.807, 2.05) is 36.1 Å². The van der Waals surface area contributed by atoms with Crippen molar-refractivity contribution in [3.05, 3.63) is 29.8 Å². The lowest BCUT2D eigenvalue weighted by Crippen LogP contribution is -2.55. The number of piperazine rings is 1. The molecule has 156 valence electrons. The first-order valence-electron chi connectivity index (χ1n) is 10.4. The van der Waals surface area contributed by atoms with Gasteiger partial charge >= 0.3 is 6.03 Å². The number of piperidine rings is 1. The van der Waals surface area contributed by atoms with Crippen LogP contribution in [-0.2, 0) is 0 Å². The molecule has 1 atom stereocenters. The number of carbonyl (C=O) groups excluding carboxylic acids is 1. The number of aliphatic hydroxyl groups is 1. The number of likely N-dealkylation sites (tertiary alicyclic amines) is 1. The van der Waals surface area contributed by atoms with Gasteiger partial charge in [0.05, 0.1) is 19.8 Å². The van der Waals surface area contributed by atoms with Gasteiger partial charge in [-0.05, 0) is 37.5 Å². The number of methoxy groups -OCH3 is 1. The largest absolute Gasteiger partial charge is 0.497 e. The molecule has 2 heterocycles. The summed E-state index contributed by atoms with van der Waals surface area (Å²) in [6, 6.07) is 8.36. The Kier molecular flexibility index (Phi) is 7.53. The van der Waals surface area contributed by atoms with E-state index in [-0.39, 0.29) is 18.7 Å². The summed E-state index contributed by atoms with van der Waals surface area (Å²) in [7, 11) is 1.65. The molecule has 0 aliphatic carbocycles. The van der Waals surface area contributed by atoms with Gasteiger partial charge in [0.15, 0.2) is 0 Å². The zero-order valence-electron chi connectivity index (χ0n) is 17.1. The van der Waals surface area contributed by atoms with Gasteiger partial charge in [-0.3, -0.25) is 9.80 Å². The van der Waals surface area contributed by atoms with E-state index < -0.39 is 0 Å². The van der Waals surface area contributed by atoms with E-state index in [2.05, 4.69) is 15.1 Å². The van der Waals surface area contributed by atoms with Crippen LogP contribution >= 0.6 is 0 Å². The van der Waals surface area contributed by atoms with Crippen LogP contribution in [0.25, 0.3) is 0 Å². The van der Waals surface area contributed by atoms with Crippen LogP contribution in [0.1, 0.15) is 31.4 Å². The Bertz CT molecular complexity index is 626. The van der Waals surface area contributed by atoms with Crippen LogP contribution in [0.2, 0.25) is 0 Å². The first kappa shape index (κ1) is 20.9. The maximum absolute atomic E-state index is 12.7. The fraction of sp³-hybridized carbons (Fsp3) is 0.667. The van der Waals surface area contributed by atoms with Gasteiger partial charge < -0.3 is 20.1 Å². The van der Waals surface area contributed by atoms with E-state index in [1.54, 1.807) is 7.11 Å². The van der Waals surface area contributed by atoms with Crippen LogP contribution in [0.4, 0.5) is 4.79 Å². The second-order valence-corrected chi connectivity index (χ2v) is 7.77. The van der Waals surface area contributed by atoms with Crippen LogP contribution in [-0.4, -0.2) is 91.4 Å². The molecule has 2 aliphatic rings. The van der Waals surface area contributed by atoms with Crippen LogP contribution in [0, 0.1) is 0 Å². The molecular weight excluding hydrogens is 356 g/mol. The molecule has 7 nitrogen and oxygen atoms in total. The van der Waals surface area contributed by atoms with E-state index in [0.29, 0.717) is 6.04 Å². The molecule has 28 heavy (non-hydrogen) atoms. The molecule has 3 rings (SSSR count). The van der Waals surface area contributed by atoms with Gasteiger partial charge in [-0.25, -0.2) is 4.79 Å². The number of ether oxygens (including phenoxy) is 1. The highest BCUT2D eigenvalue weighted by Crippen LogP contribution is 2.21. The van der Waals surface area contributed by atoms with Crippen molar-refractivity contribution in [2.45, 2.75) is 31.8 Å². The molecule has 0 saturated carbocycles. The predicted molar refractivity (Wildman–Crippen MR) is 110 cm³/mol. The fourth-order valence-electron chi connectivity index (χ4n) is 4.20. The standard InChI is InChI=1S/C21H34N4O3/c1-17(18-4-3-5-20(16-18)28-2)22-21(27)25-8-6-19(7-9-25)24-12-10-23(11-13-24)14-15-26/h3-5,16-17,19,26H,6-15H2,1-2H3,(H,22,27)/t17-/m1/s1. The molecule has 0 aromatic heterocycles. The molecule has 2 aliphatic heterocycles. The highest BCUT2D eigenvalue weighted by Gasteiger charge is 2.29. The van der Waals surface area contributed by atoms with Gasteiger partial charge in [-0.1, -0.05) is 12.1 Å². The SMILES string of the molecule is COc1cccc([C@@H](C)NC(=O)N2CCC(N3CCN(CCO)CC3)CC2)c1. The average Bonchev–Trinajstić information content (AvgIpc) is 2.74. The van der Waals surface area contributed by atoms with E-state index in [4.69, 9.17) is 9.84 Å². The molecule has 2 amide bonds. The zero-order valence-corrected chi connectivity index (χ0v) is 17.1. The van der Waals surface area contributed by atoms with Gasteiger partial charge in [-0.2, -0.15) is 0 Å². The second-order valence-electron chi connectivity index (χ2n) is 7.77. The number of amides is 2.